The molecule has 7 heteroatoms. The number of anilines is 1. The van der Waals surface area contributed by atoms with E-state index in [1.165, 1.54) is 4.90 Å². The van der Waals surface area contributed by atoms with Gasteiger partial charge in [-0.15, -0.1) is 0 Å². The molecular formula is C23H19ClN2O4. The highest BCUT2D eigenvalue weighted by molar-refractivity contribution is 6.51. The number of aliphatic hydroxyl groups excluding tert-OH is 1. The van der Waals surface area contributed by atoms with Crippen LogP contribution >= 0.6 is 11.6 Å². The van der Waals surface area contributed by atoms with Gasteiger partial charge in [0.25, 0.3) is 5.78 Å². The van der Waals surface area contributed by atoms with E-state index >= 15 is 0 Å². The number of nitrogens with zero attached hydrogens (tertiary/aromatic N) is 2. The first kappa shape index (κ1) is 19.9. The van der Waals surface area contributed by atoms with Gasteiger partial charge in [-0.25, -0.2) is 0 Å². The van der Waals surface area contributed by atoms with E-state index in [2.05, 4.69) is 5.16 Å². The van der Waals surface area contributed by atoms with Crippen LogP contribution in [0.1, 0.15) is 35.4 Å². The zero-order valence-corrected chi connectivity index (χ0v) is 17.2. The highest BCUT2D eigenvalue weighted by Gasteiger charge is 2.48. The lowest BCUT2D eigenvalue weighted by atomic mass is 9.94. The molecule has 1 N–H and O–H groups in total. The van der Waals surface area contributed by atoms with Crippen LogP contribution in [0.2, 0.25) is 5.02 Å². The summed E-state index contributed by atoms with van der Waals surface area (Å²) in [5, 5.41) is 15.4. The van der Waals surface area contributed by atoms with Crippen LogP contribution < -0.4 is 4.90 Å². The Morgan fingerprint density at radius 1 is 1.13 bits per heavy atom. The lowest BCUT2D eigenvalue weighted by Gasteiger charge is -2.23. The Balaban J connectivity index is 1.92. The van der Waals surface area contributed by atoms with Crippen molar-refractivity contribution in [1.82, 2.24) is 5.16 Å². The minimum Gasteiger partial charge on any atom is -0.507 e. The summed E-state index contributed by atoms with van der Waals surface area (Å²) in [5.74, 6) is -1.10. The maximum atomic E-state index is 13.0. The van der Waals surface area contributed by atoms with Gasteiger partial charge in [0, 0.05) is 16.7 Å². The fourth-order valence-electron chi connectivity index (χ4n) is 3.55. The van der Waals surface area contributed by atoms with Crippen molar-refractivity contribution in [2.75, 3.05) is 4.90 Å². The van der Waals surface area contributed by atoms with Gasteiger partial charge in [-0.2, -0.15) is 0 Å². The van der Waals surface area contributed by atoms with Gasteiger partial charge in [0.05, 0.1) is 11.6 Å². The first-order valence-electron chi connectivity index (χ1n) is 9.49. The van der Waals surface area contributed by atoms with Crippen LogP contribution in [0.3, 0.4) is 0 Å². The molecule has 0 saturated carbocycles. The minimum atomic E-state index is -0.837. The highest BCUT2D eigenvalue weighted by Crippen LogP contribution is 2.42. The Morgan fingerprint density at radius 2 is 1.80 bits per heavy atom. The number of carbonyl (C=O) groups is 2. The predicted molar refractivity (Wildman–Crippen MR) is 113 cm³/mol. The molecule has 1 saturated heterocycles. The maximum absolute atomic E-state index is 13.0. The zero-order valence-electron chi connectivity index (χ0n) is 16.4. The van der Waals surface area contributed by atoms with E-state index in [1.54, 1.807) is 37.3 Å². The summed E-state index contributed by atoms with van der Waals surface area (Å²) in [5.41, 5.74) is 2.18. The van der Waals surface area contributed by atoms with Gasteiger partial charge in [0.1, 0.15) is 11.5 Å². The van der Waals surface area contributed by atoms with Crippen molar-refractivity contribution in [3.63, 3.8) is 0 Å². The molecule has 0 aliphatic carbocycles. The average molecular weight is 423 g/mol. The first-order valence-corrected chi connectivity index (χ1v) is 9.87. The molecule has 2 aromatic carbocycles. The molecular weight excluding hydrogens is 404 g/mol. The molecule has 1 aliphatic rings. The molecule has 4 rings (SSSR count). The van der Waals surface area contributed by atoms with Crippen LogP contribution in [0.15, 0.2) is 64.7 Å². The summed E-state index contributed by atoms with van der Waals surface area (Å²) in [6, 6.07) is 14.7. The minimum absolute atomic E-state index is 0.00720. The number of aromatic nitrogens is 1. The van der Waals surface area contributed by atoms with Crippen molar-refractivity contribution in [1.29, 1.82) is 0 Å². The average Bonchev–Trinajstić information content (AvgIpc) is 3.29. The number of Topliss-reactive ketones (excluding diaryl/α,β-unsaturated/α-hetero) is 1. The monoisotopic (exact) mass is 422 g/mol. The highest BCUT2D eigenvalue weighted by atomic mass is 35.5. The number of carbonyl (C=O) groups excluding carboxylic acids is 2. The van der Waals surface area contributed by atoms with Gasteiger partial charge in [0.15, 0.2) is 5.82 Å². The number of hydrogen-bond acceptors (Lipinski definition) is 5. The van der Waals surface area contributed by atoms with Crippen LogP contribution in [0.5, 0.6) is 0 Å². The summed E-state index contributed by atoms with van der Waals surface area (Å²) >= 11 is 5.94. The van der Waals surface area contributed by atoms with E-state index in [-0.39, 0.29) is 17.2 Å². The van der Waals surface area contributed by atoms with E-state index < -0.39 is 17.7 Å². The van der Waals surface area contributed by atoms with E-state index in [9.17, 15) is 14.7 Å². The molecule has 0 bridgehead atoms. The number of halogens is 1. The van der Waals surface area contributed by atoms with Gasteiger partial charge in [0.2, 0.25) is 0 Å². The number of aryl methyl sites for hydroxylation is 2. The Labute approximate surface area is 178 Å². The molecule has 1 aromatic heterocycles. The maximum Gasteiger partial charge on any atom is 0.301 e. The second-order valence-corrected chi connectivity index (χ2v) is 7.50. The normalized spacial score (nSPS) is 18.2. The number of ketones is 1. The number of aliphatic hydroxyl groups is 1. The summed E-state index contributed by atoms with van der Waals surface area (Å²) in [4.78, 5) is 27.2. The summed E-state index contributed by atoms with van der Waals surface area (Å²) < 4.78 is 5.13. The van der Waals surface area contributed by atoms with Crippen molar-refractivity contribution in [2.45, 2.75) is 26.3 Å². The number of hydrogen-bond donors (Lipinski definition) is 1. The Kier molecular flexibility index (Phi) is 5.18. The van der Waals surface area contributed by atoms with E-state index in [4.69, 9.17) is 16.1 Å². The smallest absolute Gasteiger partial charge is 0.301 e. The quantitative estimate of drug-likeness (QED) is 0.370. The number of benzene rings is 2. The van der Waals surface area contributed by atoms with Crippen LogP contribution in [-0.2, 0) is 16.0 Å². The van der Waals surface area contributed by atoms with Crippen LogP contribution in [0, 0.1) is 6.92 Å². The molecule has 1 unspecified atom stereocenters. The third-order valence-electron chi connectivity index (χ3n) is 5.13. The summed E-state index contributed by atoms with van der Waals surface area (Å²) in [6.07, 6.45) is 0.855. The molecule has 1 amide bonds. The third-order valence-corrected chi connectivity index (χ3v) is 5.38. The van der Waals surface area contributed by atoms with Gasteiger partial charge in [-0.1, -0.05) is 47.9 Å². The van der Waals surface area contributed by atoms with Crippen LogP contribution in [0.25, 0.3) is 5.76 Å². The van der Waals surface area contributed by atoms with Crippen molar-refractivity contribution in [3.05, 3.63) is 87.6 Å². The molecule has 30 heavy (non-hydrogen) atoms. The third kappa shape index (κ3) is 3.39. The zero-order chi connectivity index (χ0) is 21.4. The van der Waals surface area contributed by atoms with Crippen LogP contribution in [-0.4, -0.2) is 22.0 Å². The SMILES string of the molecule is CCc1ccc(C2/C(=C(\O)c3ccc(Cl)cc3)C(=O)C(=O)N2c2cc(C)on2)cc1. The van der Waals surface area contributed by atoms with Crippen molar-refractivity contribution < 1.29 is 19.2 Å². The molecule has 6 nitrogen and oxygen atoms in total. The first-order chi connectivity index (χ1) is 14.4. The summed E-state index contributed by atoms with van der Waals surface area (Å²) in [6.45, 7) is 3.74. The Bertz CT molecular complexity index is 1150. The number of amides is 1. The predicted octanol–water partition coefficient (Wildman–Crippen LogP) is 4.83. The van der Waals surface area contributed by atoms with E-state index in [0.717, 1.165) is 12.0 Å². The Hall–Kier alpha value is -3.38. The lowest BCUT2D eigenvalue weighted by molar-refractivity contribution is -0.132. The van der Waals surface area contributed by atoms with Gasteiger partial charge in [-0.05, 0) is 48.7 Å². The molecule has 3 aromatic rings. The fourth-order valence-corrected chi connectivity index (χ4v) is 3.68. The lowest BCUT2D eigenvalue weighted by Crippen LogP contribution is -2.29. The topological polar surface area (TPSA) is 83.6 Å². The molecule has 0 spiro atoms. The van der Waals surface area contributed by atoms with Gasteiger partial charge >= 0.3 is 5.91 Å². The molecule has 2 heterocycles. The molecule has 0 radical (unpaired) electrons. The second kappa shape index (κ2) is 7.80. The fraction of sp³-hybridized carbons (Fsp3) is 0.174. The molecule has 1 fully saturated rings. The van der Waals surface area contributed by atoms with Crippen LogP contribution in [0.4, 0.5) is 5.82 Å². The molecule has 1 atom stereocenters. The van der Waals surface area contributed by atoms with E-state index in [1.807, 2.05) is 31.2 Å². The second-order valence-electron chi connectivity index (χ2n) is 7.07. The molecule has 152 valence electrons. The largest absolute Gasteiger partial charge is 0.507 e. The number of rotatable bonds is 4. The standard InChI is InChI=1S/C23H19ClN2O4/c1-3-14-4-6-15(7-5-14)20-19(21(27)16-8-10-17(24)11-9-16)22(28)23(29)26(20)18-12-13(2)30-25-18/h4-12,20,27H,3H2,1-2H3/b21-19+. The summed E-state index contributed by atoms with van der Waals surface area (Å²) in [7, 11) is 0. The molecule has 1 aliphatic heterocycles. The van der Waals surface area contributed by atoms with Crippen molar-refractivity contribution in [2.24, 2.45) is 0 Å². The Morgan fingerprint density at radius 3 is 2.37 bits per heavy atom. The van der Waals surface area contributed by atoms with Crippen molar-refractivity contribution >= 4 is 34.9 Å². The van der Waals surface area contributed by atoms with Gasteiger partial charge in [-0.3, -0.25) is 14.5 Å². The van der Waals surface area contributed by atoms with E-state index in [0.29, 0.717) is 21.9 Å². The van der Waals surface area contributed by atoms with Gasteiger partial charge < -0.3 is 9.63 Å². The van der Waals surface area contributed by atoms with Crippen molar-refractivity contribution in [3.8, 4) is 0 Å².